The molecule has 4 rings (SSSR count). The molecular weight excluding hydrogens is 382 g/mol. The maximum Gasteiger partial charge on any atom is 0.330 e. The molecule has 1 aliphatic carbocycles. The smallest absolute Gasteiger partial charge is 0.322 e. The number of nitrogens with zero attached hydrogens (tertiary/aromatic N) is 3. The lowest BCUT2D eigenvalue weighted by Crippen LogP contribution is -2.30. The first-order valence-electron chi connectivity index (χ1n) is 10.3. The van der Waals surface area contributed by atoms with E-state index in [4.69, 9.17) is 0 Å². The summed E-state index contributed by atoms with van der Waals surface area (Å²) >= 11 is 0. The van der Waals surface area contributed by atoms with Crippen LogP contribution in [0, 0.1) is 0 Å². The van der Waals surface area contributed by atoms with Crippen LogP contribution in [0.3, 0.4) is 0 Å². The van der Waals surface area contributed by atoms with Gasteiger partial charge in [0.15, 0.2) is 0 Å². The lowest BCUT2D eigenvalue weighted by atomic mass is 10.1. The van der Waals surface area contributed by atoms with Gasteiger partial charge in [-0.15, -0.1) is 0 Å². The number of rotatable bonds is 7. The van der Waals surface area contributed by atoms with Crippen LogP contribution in [0.1, 0.15) is 48.7 Å². The molecule has 0 saturated heterocycles. The number of hydrogen-bond donors (Lipinski definition) is 2. The highest BCUT2D eigenvalue weighted by molar-refractivity contribution is 6.05. The molecule has 3 aromatic rings. The van der Waals surface area contributed by atoms with Crippen molar-refractivity contribution in [3.63, 3.8) is 0 Å². The first kappa shape index (κ1) is 20.0. The van der Waals surface area contributed by atoms with Crippen molar-refractivity contribution in [2.24, 2.45) is 0 Å². The van der Waals surface area contributed by atoms with Gasteiger partial charge in [-0.2, -0.15) is 0 Å². The van der Waals surface area contributed by atoms with Gasteiger partial charge in [-0.25, -0.2) is 9.78 Å². The van der Waals surface area contributed by atoms with Crippen molar-refractivity contribution in [1.29, 1.82) is 0 Å². The summed E-state index contributed by atoms with van der Waals surface area (Å²) < 4.78 is 1.51. The molecule has 1 saturated carbocycles. The van der Waals surface area contributed by atoms with E-state index < -0.39 is 11.2 Å². The van der Waals surface area contributed by atoms with E-state index in [1.165, 1.54) is 16.8 Å². The van der Waals surface area contributed by atoms with E-state index in [0.717, 1.165) is 38.0 Å². The second-order valence-corrected chi connectivity index (χ2v) is 7.57. The number of carbonyl (C=O) groups is 1. The monoisotopic (exact) mass is 407 g/mol. The zero-order valence-corrected chi connectivity index (χ0v) is 17.1. The van der Waals surface area contributed by atoms with Gasteiger partial charge in [0.1, 0.15) is 5.65 Å². The minimum Gasteiger partial charge on any atom is -0.322 e. The molecule has 8 heteroatoms. The highest BCUT2D eigenvalue weighted by Crippen LogP contribution is 2.34. The molecular formula is C22H25N5O3. The van der Waals surface area contributed by atoms with E-state index in [1.807, 2.05) is 24.3 Å². The van der Waals surface area contributed by atoms with Gasteiger partial charge in [0.25, 0.3) is 11.5 Å². The number of nitrogens with one attached hydrogen (secondary N) is 2. The predicted octanol–water partition coefficient (Wildman–Crippen LogP) is 2.51. The molecule has 1 amide bonds. The predicted molar refractivity (Wildman–Crippen MR) is 116 cm³/mol. The zero-order valence-electron chi connectivity index (χ0n) is 17.1. The standard InChI is InChI=1S/C22H25N5O3/c1-3-26(4-2)13-14-6-5-7-16(10-14)24-20(28)15-11-18-19(23-12-15)27(17-8-9-17)22(30)25-21(18)29/h5-7,10-12,17H,3-4,8-9,13H2,1-2H3,(H,24,28)(H,25,29,30). The van der Waals surface area contributed by atoms with E-state index in [-0.39, 0.29) is 22.9 Å². The van der Waals surface area contributed by atoms with Crippen LogP contribution in [0.2, 0.25) is 0 Å². The molecule has 1 aromatic carbocycles. The number of anilines is 1. The molecule has 0 atom stereocenters. The lowest BCUT2D eigenvalue weighted by molar-refractivity contribution is 0.102. The summed E-state index contributed by atoms with van der Waals surface area (Å²) in [5.74, 6) is -0.354. The first-order chi connectivity index (χ1) is 14.5. The van der Waals surface area contributed by atoms with Crippen LogP contribution in [0.15, 0.2) is 46.1 Å². The molecule has 0 aliphatic heterocycles. The second-order valence-electron chi connectivity index (χ2n) is 7.57. The molecule has 156 valence electrons. The molecule has 1 fully saturated rings. The van der Waals surface area contributed by atoms with Gasteiger partial charge < -0.3 is 5.32 Å². The van der Waals surface area contributed by atoms with Crippen LogP contribution in [0.5, 0.6) is 0 Å². The van der Waals surface area contributed by atoms with Gasteiger partial charge in [-0.1, -0.05) is 26.0 Å². The van der Waals surface area contributed by atoms with Crippen molar-refractivity contribution >= 4 is 22.6 Å². The molecule has 2 heterocycles. The highest BCUT2D eigenvalue weighted by Gasteiger charge is 2.27. The summed E-state index contributed by atoms with van der Waals surface area (Å²) in [6.07, 6.45) is 3.18. The number of aromatic amines is 1. The molecule has 30 heavy (non-hydrogen) atoms. The fraction of sp³-hybridized carbons (Fsp3) is 0.364. The third kappa shape index (κ3) is 4.04. The average molecular weight is 407 g/mol. The maximum atomic E-state index is 12.8. The number of carbonyl (C=O) groups excluding carboxylic acids is 1. The van der Waals surface area contributed by atoms with Crippen molar-refractivity contribution in [3.8, 4) is 0 Å². The summed E-state index contributed by atoms with van der Waals surface area (Å²) in [6.45, 7) is 6.95. The SMILES string of the molecule is CCN(CC)Cc1cccc(NC(=O)c2cnc3c(c2)c(=O)[nH]c(=O)n3C2CC2)c1. The number of benzene rings is 1. The van der Waals surface area contributed by atoms with E-state index in [2.05, 4.69) is 34.0 Å². The fourth-order valence-electron chi connectivity index (χ4n) is 3.59. The molecule has 8 nitrogen and oxygen atoms in total. The van der Waals surface area contributed by atoms with Gasteiger partial charge in [-0.05, 0) is 49.7 Å². The van der Waals surface area contributed by atoms with Crippen molar-refractivity contribution in [2.45, 2.75) is 39.3 Å². The fourth-order valence-corrected chi connectivity index (χ4v) is 3.59. The molecule has 0 bridgehead atoms. The molecule has 0 spiro atoms. The van der Waals surface area contributed by atoms with Crippen LogP contribution < -0.4 is 16.6 Å². The summed E-state index contributed by atoms with van der Waals surface area (Å²) in [6, 6.07) is 9.28. The number of aromatic nitrogens is 3. The quantitative estimate of drug-likeness (QED) is 0.627. The third-order valence-corrected chi connectivity index (χ3v) is 5.44. The molecule has 0 unspecified atom stereocenters. The van der Waals surface area contributed by atoms with Crippen LogP contribution in [-0.4, -0.2) is 38.4 Å². The Hall–Kier alpha value is -3.26. The number of H-pyrrole nitrogens is 1. The van der Waals surface area contributed by atoms with Crippen LogP contribution in [-0.2, 0) is 6.54 Å². The molecule has 2 N–H and O–H groups in total. The number of amides is 1. The Bertz CT molecular complexity index is 1210. The Morgan fingerprint density at radius 1 is 1.23 bits per heavy atom. The van der Waals surface area contributed by atoms with Gasteiger partial charge in [0.05, 0.1) is 10.9 Å². The Balaban J connectivity index is 1.60. The average Bonchev–Trinajstić information content (AvgIpc) is 3.57. The molecule has 0 radical (unpaired) electrons. The van der Waals surface area contributed by atoms with Gasteiger partial charge >= 0.3 is 5.69 Å². The summed E-state index contributed by atoms with van der Waals surface area (Å²) in [5.41, 5.74) is 1.40. The van der Waals surface area contributed by atoms with E-state index in [1.54, 1.807) is 0 Å². The van der Waals surface area contributed by atoms with Crippen LogP contribution >= 0.6 is 0 Å². The second kappa shape index (κ2) is 8.23. The van der Waals surface area contributed by atoms with E-state index >= 15 is 0 Å². The summed E-state index contributed by atoms with van der Waals surface area (Å²) in [7, 11) is 0. The molecule has 1 aliphatic rings. The number of pyridine rings is 1. The van der Waals surface area contributed by atoms with Gasteiger partial charge in [0.2, 0.25) is 0 Å². The maximum absolute atomic E-state index is 12.8. The van der Waals surface area contributed by atoms with Gasteiger partial charge in [0, 0.05) is 24.5 Å². The minimum absolute atomic E-state index is 0.0672. The number of hydrogen-bond acceptors (Lipinski definition) is 5. The third-order valence-electron chi connectivity index (χ3n) is 5.44. The lowest BCUT2D eigenvalue weighted by Gasteiger charge is -2.18. The summed E-state index contributed by atoms with van der Waals surface area (Å²) in [5, 5.41) is 3.12. The minimum atomic E-state index is -0.532. The van der Waals surface area contributed by atoms with E-state index in [0.29, 0.717) is 11.3 Å². The highest BCUT2D eigenvalue weighted by atomic mass is 16.2. The summed E-state index contributed by atoms with van der Waals surface area (Å²) in [4.78, 5) is 46.1. The normalized spacial score (nSPS) is 13.7. The topological polar surface area (TPSA) is 100 Å². The van der Waals surface area contributed by atoms with Crippen molar-refractivity contribution in [1.82, 2.24) is 19.4 Å². The Morgan fingerprint density at radius 3 is 2.70 bits per heavy atom. The largest absolute Gasteiger partial charge is 0.330 e. The zero-order chi connectivity index (χ0) is 21.3. The van der Waals surface area contributed by atoms with Crippen molar-refractivity contribution in [3.05, 3.63) is 68.5 Å². The number of fused-ring (bicyclic) bond motifs is 1. The molecule has 2 aromatic heterocycles. The van der Waals surface area contributed by atoms with Crippen molar-refractivity contribution < 1.29 is 4.79 Å². The first-order valence-corrected chi connectivity index (χ1v) is 10.3. The Kier molecular flexibility index (Phi) is 5.50. The van der Waals surface area contributed by atoms with Gasteiger partial charge in [-0.3, -0.25) is 24.0 Å². The Labute approximate surface area is 173 Å². The van der Waals surface area contributed by atoms with Crippen molar-refractivity contribution in [2.75, 3.05) is 18.4 Å². The van der Waals surface area contributed by atoms with Crippen LogP contribution in [0.4, 0.5) is 5.69 Å². The Morgan fingerprint density at radius 2 is 2.00 bits per heavy atom. The van der Waals surface area contributed by atoms with E-state index in [9.17, 15) is 14.4 Å². The van der Waals surface area contributed by atoms with Crippen LogP contribution in [0.25, 0.3) is 11.0 Å².